The molecule has 0 bridgehead atoms. The first kappa shape index (κ1) is 27.9. The Hall–Kier alpha value is -3.63. The number of methoxy groups -OCH3 is 1. The van der Waals surface area contributed by atoms with Crippen LogP contribution in [0, 0.1) is 0 Å². The van der Waals surface area contributed by atoms with E-state index in [1.54, 1.807) is 45.0 Å². The van der Waals surface area contributed by atoms with Crippen molar-refractivity contribution < 1.29 is 38.8 Å². The lowest BCUT2D eigenvalue weighted by Crippen LogP contribution is -2.54. The monoisotopic (exact) mass is 514 g/mol. The number of likely N-dealkylation sites (tertiary alicyclic amines) is 1. The molecule has 0 aromatic heterocycles. The Morgan fingerprint density at radius 1 is 1.08 bits per heavy atom. The van der Waals surface area contributed by atoms with E-state index < -0.39 is 54.4 Å². The molecular formula is C27H34N2O8. The molecule has 2 aromatic carbocycles. The summed E-state index contributed by atoms with van der Waals surface area (Å²) in [6.45, 7) is 4.48. The summed E-state index contributed by atoms with van der Waals surface area (Å²) in [4.78, 5) is 39.8. The molecule has 3 rings (SSSR count). The second-order valence-electron chi connectivity index (χ2n) is 9.73. The number of aliphatic hydroxyl groups is 2. The number of para-hydroxylation sites is 1. The van der Waals surface area contributed by atoms with Crippen molar-refractivity contribution in [2.45, 2.75) is 63.6 Å². The van der Waals surface area contributed by atoms with Crippen molar-refractivity contribution in [2.75, 3.05) is 13.7 Å². The molecule has 10 heteroatoms. The topological polar surface area (TPSA) is 135 Å². The van der Waals surface area contributed by atoms with Crippen LogP contribution in [0.3, 0.4) is 0 Å². The van der Waals surface area contributed by atoms with Crippen molar-refractivity contribution in [3.05, 3.63) is 65.7 Å². The fraction of sp³-hybridized carbons (Fsp3) is 0.444. The van der Waals surface area contributed by atoms with E-state index in [1.807, 2.05) is 30.3 Å². The van der Waals surface area contributed by atoms with E-state index in [-0.39, 0.29) is 13.0 Å². The summed E-state index contributed by atoms with van der Waals surface area (Å²) in [5.74, 6) is -1.09. The molecule has 1 fully saturated rings. The molecule has 4 atom stereocenters. The van der Waals surface area contributed by atoms with Crippen molar-refractivity contribution in [1.29, 1.82) is 0 Å². The standard InChI is InChI=1S/C27H34N2O8/c1-27(2,3)37-26(34)28-19(15-30)24(32)29-20(25(33)35-4)14-21(31)23(29)18-12-8-9-13-22(18)36-16-17-10-6-5-7-11-17/h5-13,19-21,23,30-31H,14-16H2,1-4H3,(H,28,34)/t19-,20-,21+,23-/m0/s1. The maximum Gasteiger partial charge on any atom is 0.408 e. The Morgan fingerprint density at radius 2 is 1.73 bits per heavy atom. The van der Waals surface area contributed by atoms with Gasteiger partial charge in [-0.25, -0.2) is 9.59 Å². The maximum atomic E-state index is 13.7. The van der Waals surface area contributed by atoms with Crippen LogP contribution in [-0.2, 0) is 25.7 Å². The fourth-order valence-electron chi connectivity index (χ4n) is 4.25. The minimum Gasteiger partial charge on any atom is -0.489 e. The highest BCUT2D eigenvalue weighted by Gasteiger charge is 2.50. The average Bonchev–Trinajstić information content (AvgIpc) is 3.21. The molecule has 1 saturated heterocycles. The Bertz CT molecular complexity index is 1090. The minimum absolute atomic E-state index is 0.0965. The Balaban J connectivity index is 1.94. The number of carbonyl (C=O) groups excluding carboxylic acids is 3. The fourth-order valence-corrected chi connectivity index (χ4v) is 4.25. The molecule has 3 N–H and O–H groups in total. The normalized spacial score (nSPS) is 20.2. The molecule has 1 aliphatic rings. The number of hydrogen-bond acceptors (Lipinski definition) is 8. The molecule has 0 unspecified atom stereocenters. The van der Waals surface area contributed by atoms with E-state index in [2.05, 4.69) is 5.32 Å². The predicted octanol–water partition coefficient (Wildman–Crippen LogP) is 2.33. The molecule has 2 aromatic rings. The molecule has 10 nitrogen and oxygen atoms in total. The summed E-state index contributed by atoms with van der Waals surface area (Å²) < 4.78 is 16.1. The van der Waals surface area contributed by atoms with Crippen molar-refractivity contribution in [2.24, 2.45) is 0 Å². The summed E-state index contributed by atoms with van der Waals surface area (Å²) >= 11 is 0. The van der Waals surface area contributed by atoms with Gasteiger partial charge < -0.3 is 34.6 Å². The highest BCUT2D eigenvalue weighted by Crippen LogP contribution is 2.41. The van der Waals surface area contributed by atoms with E-state index >= 15 is 0 Å². The number of rotatable bonds is 8. The van der Waals surface area contributed by atoms with Crippen LogP contribution < -0.4 is 10.1 Å². The van der Waals surface area contributed by atoms with Gasteiger partial charge in [0.15, 0.2) is 0 Å². The van der Waals surface area contributed by atoms with Gasteiger partial charge in [0.25, 0.3) is 0 Å². The zero-order valence-corrected chi connectivity index (χ0v) is 21.4. The van der Waals surface area contributed by atoms with Gasteiger partial charge in [0.2, 0.25) is 5.91 Å². The smallest absolute Gasteiger partial charge is 0.408 e. The molecule has 1 aliphatic heterocycles. The molecular weight excluding hydrogens is 480 g/mol. The number of benzene rings is 2. The lowest BCUT2D eigenvalue weighted by Gasteiger charge is -2.33. The van der Waals surface area contributed by atoms with Crippen LogP contribution in [0.5, 0.6) is 5.75 Å². The highest BCUT2D eigenvalue weighted by molar-refractivity contribution is 5.91. The summed E-state index contributed by atoms with van der Waals surface area (Å²) in [5, 5.41) is 23.4. The molecule has 0 aliphatic carbocycles. The number of aliphatic hydroxyl groups excluding tert-OH is 2. The number of amides is 2. The summed E-state index contributed by atoms with van der Waals surface area (Å²) in [5.41, 5.74) is 0.564. The van der Waals surface area contributed by atoms with Crippen LogP contribution in [0.15, 0.2) is 54.6 Å². The maximum absolute atomic E-state index is 13.7. The number of carbonyl (C=O) groups is 3. The highest BCUT2D eigenvalue weighted by atomic mass is 16.6. The van der Waals surface area contributed by atoms with Crippen LogP contribution in [-0.4, -0.2) is 70.6 Å². The molecule has 37 heavy (non-hydrogen) atoms. The van der Waals surface area contributed by atoms with Gasteiger partial charge in [-0.3, -0.25) is 4.79 Å². The van der Waals surface area contributed by atoms with Gasteiger partial charge in [0.05, 0.1) is 25.9 Å². The predicted molar refractivity (Wildman–Crippen MR) is 133 cm³/mol. The lowest BCUT2D eigenvalue weighted by molar-refractivity contribution is -0.153. The molecule has 2 amide bonds. The van der Waals surface area contributed by atoms with Crippen molar-refractivity contribution in [3.8, 4) is 5.75 Å². The average molecular weight is 515 g/mol. The first-order valence-corrected chi connectivity index (χ1v) is 12.0. The second kappa shape index (κ2) is 12.1. The van der Waals surface area contributed by atoms with Gasteiger partial charge in [0.1, 0.15) is 30.0 Å². The van der Waals surface area contributed by atoms with Crippen LogP contribution in [0.4, 0.5) is 4.79 Å². The number of esters is 1. The van der Waals surface area contributed by atoms with E-state index in [0.717, 1.165) is 10.5 Å². The minimum atomic E-state index is -1.42. The van der Waals surface area contributed by atoms with Crippen molar-refractivity contribution in [1.82, 2.24) is 10.2 Å². The van der Waals surface area contributed by atoms with E-state index in [0.29, 0.717) is 11.3 Å². The van der Waals surface area contributed by atoms with Gasteiger partial charge in [-0.15, -0.1) is 0 Å². The van der Waals surface area contributed by atoms with Crippen molar-refractivity contribution >= 4 is 18.0 Å². The van der Waals surface area contributed by atoms with E-state index in [1.165, 1.54) is 7.11 Å². The zero-order valence-electron chi connectivity index (χ0n) is 21.4. The quantitative estimate of drug-likeness (QED) is 0.457. The summed E-state index contributed by atoms with van der Waals surface area (Å²) in [6, 6.07) is 12.8. The van der Waals surface area contributed by atoms with Crippen LogP contribution in [0.25, 0.3) is 0 Å². The molecule has 0 radical (unpaired) electrons. The third-order valence-corrected chi connectivity index (χ3v) is 5.84. The number of hydrogen-bond donors (Lipinski definition) is 3. The number of alkyl carbamates (subject to hydrolysis) is 1. The van der Waals surface area contributed by atoms with Gasteiger partial charge in [-0.1, -0.05) is 48.5 Å². The SMILES string of the molecule is COC(=O)[C@@H]1C[C@@H](O)[C@H](c2ccccc2OCc2ccccc2)N1C(=O)[C@H](CO)NC(=O)OC(C)(C)C. The van der Waals surface area contributed by atoms with E-state index in [4.69, 9.17) is 14.2 Å². The van der Waals surface area contributed by atoms with Gasteiger partial charge in [0, 0.05) is 12.0 Å². The number of ether oxygens (including phenoxy) is 3. The van der Waals surface area contributed by atoms with Crippen molar-refractivity contribution in [3.63, 3.8) is 0 Å². The zero-order chi connectivity index (χ0) is 27.2. The Morgan fingerprint density at radius 3 is 2.35 bits per heavy atom. The lowest BCUT2D eigenvalue weighted by atomic mass is 10.0. The van der Waals surface area contributed by atoms with E-state index in [9.17, 15) is 24.6 Å². The molecule has 1 heterocycles. The van der Waals surface area contributed by atoms with Crippen LogP contribution in [0.2, 0.25) is 0 Å². The molecule has 200 valence electrons. The Labute approximate surface area is 216 Å². The summed E-state index contributed by atoms with van der Waals surface area (Å²) in [6.07, 6.45) is -2.14. The summed E-state index contributed by atoms with van der Waals surface area (Å²) in [7, 11) is 1.18. The Kier molecular flexibility index (Phi) is 9.12. The number of nitrogens with one attached hydrogen (secondary N) is 1. The third-order valence-electron chi connectivity index (χ3n) is 5.84. The number of nitrogens with zero attached hydrogens (tertiary/aromatic N) is 1. The van der Waals surface area contributed by atoms with Gasteiger partial charge >= 0.3 is 12.1 Å². The van der Waals surface area contributed by atoms with Gasteiger partial charge in [-0.05, 0) is 32.4 Å². The van der Waals surface area contributed by atoms with Crippen LogP contribution in [0.1, 0.15) is 44.4 Å². The third kappa shape index (κ3) is 6.99. The molecule has 0 saturated carbocycles. The van der Waals surface area contributed by atoms with Crippen LogP contribution >= 0.6 is 0 Å². The molecule has 0 spiro atoms. The largest absolute Gasteiger partial charge is 0.489 e. The first-order chi connectivity index (χ1) is 17.6. The second-order valence-corrected chi connectivity index (χ2v) is 9.73. The van der Waals surface area contributed by atoms with Gasteiger partial charge in [-0.2, -0.15) is 0 Å². The first-order valence-electron chi connectivity index (χ1n) is 12.0.